The summed E-state index contributed by atoms with van der Waals surface area (Å²) in [5.41, 5.74) is 0. The van der Waals surface area contributed by atoms with Crippen LogP contribution in [0.3, 0.4) is 0 Å². The van der Waals surface area contributed by atoms with E-state index in [0.717, 1.165) is 29.7 Å². The molecule has 0 spiro atoms. The van der Waals surface area contributed by atoms with E-state index in [1.54, 1.807) is 0 Å². The zero-order valence-electron chi connectivity index (χ0n) is 14.9. The molecular weight excluding hydrogens is 433 g/mol. The number of nitrogens with zero attached hydrogens (tertiary/aromatic N) is 3. The van der Waals surface area contributed by atoms with Crippen molar-refractivity contribution < 1.29 is 14.3 Å². The molecule has 0 saturated carbocycles. The topological polar surface area (TPSA) is 53.1 Å². The molecule has 1 fully saturated rings. The fourth-order valence-electron chi connectivity index (χ4n) is 2.79. The Morgan fingerprint density at radius 2 is 1.68 bits per heavy atom. The van der Waals surface area contributed by atoms with Gasteiger partial charge in [-0.2, -0.15) is 0 Å². The quantitative estimate of drug-likeness (QED) is 0.583. The first kappa shape index (κ1) is 20.0. The predicted octanol–water partition coefficient (Wildman–Crippen LogP) is 1.68. The van der Waals surface area contributed by atoms with Crippen molar-refractivity contribution in [1.82, 2.24) is 14.7 Å². The Morgan fingerprint density at radius 3 is 2.24 bits per heavy atom. The molecular formula is C18H26IN3O3. The van der Waals surface area contributed by atoms with Gasteiger partial charge in [-0.05, 0) is 60.7 Å². The molecule has 0 N–H and O–H groups in total. The van der Waals surface area contributed by atoms with Gasteiger partial charge in [-0.15, -0.1) is 0 Å². The largest absolute Gasteiger partial charge is 0.484 e. The number of rotatable bonds is 7. The summed E-state index contributed by atoms with van der Waals surface area (Å²) in [5.74, 6) is 0.859. The highest BCUT2D eigenvalue weighted by molar-refractivity contribution is 14.1. The molecule has 1 saturated heterocycles. The lowest BCUT2D eigenvalue weighted by Gasteiger charge is -2.35. The Hall–Kier alpha value is -1.35. The monoisotopic (exact) mass is 459 g/mol. The third-order valence-corrected chi connectivity index (χ3v) is 5.10. The number of hydrogen-bond donors (Lipinski definition) is 0. The molecule has 2 amide bonds. The highest BCUT2D eigenvalue weighted by atomic mass is 127. The van der Waals surface area contributed by atoms with E-state index in [9.17, 15) is 9.59 Å². The minimum Gasteiger partial charge on any atom is -0.484 e. The third-order valence-electron chi connectivity index (χ3n) is 4.38. The van der Waals surface area contributed by atoms with Crippen LogP contribution in [-0.4, -0.2) is 78.9 Å². The number of benzene rings is 1. The van der Waals surface area contributed by atoms with Gasteiger partial charge in [0.05, 0.1) is 6.54 Å². The second-order valence-electron chi connectivity index (χ2n) is 5.97. The number of hydrogen-bond acceptors (Lipinski definition) is 4. The first-order valence-corrected chi connectivity index (χ1v) is 9.77. The summed E-state index contributed by atoms with van der Waals surface area (Å²) in [5, 5.41) is 0. The maximum atomic E-state index is 12.3. The van der Waals surface area contributed by atoms with Crippen molar-refractivity contribution in [2.45, 2.75) is 13.8 Å². The molecule has 0 aromatic heterocycles. The highest BCUT2D eigenvalue weighted by Crippen LogP contribution is 2.13. The molecule has 0 radical (unpaired) electrons. The van der Waals surface area contributed by atoms with Gasteiger partial charge in [0, 0.05) is 42.8 Å². The fraction of sp³-hybridized carbons (Fsp3) is 0.556. The van der Waals surface area contributed by atoms with Gasteiger partial charge in [0.15, 0.2) is 6.61 Å². The van der Waals surface area contributed by atoms with Crippen LogP contribution in [0.25, 0.3) is 0 Å². The molecule has 0 aliphatic carbocycles. The Labute approximate surface area is 163 Å². The van der Waals surface area contributed by atoms with Crippen molar-refractivity contribution in [1.29, 1.82) is 0 Å². The van der Waals surface area contributed by atoms with Crippen LogP contribution in [-0.2, 0) is 9.59 Å². The SMILES string of the molecule is CCN(CC)C(=O)CN1CCN(C(=O)COc2ccc(I)cc2)CC1. The van der Waals surface area contributed by atoms with E-state index < -0.39 is 0 Å². The summed E-state index contributed by atoms with van der Waals surface area (Å²) in [6.07, 6.45) is 0. The fourth-order valence-corrected chi connectivity index (χ4v) is 3.15. The van der Waals surface area contributed by atoms with Crippen molar-refractivity contribution in [2.24, 2.45) is 0 Å². The Morgan fingerprint density at radius 1 is 1.08 bits per heavy atom. The summed E-state index contributed by atoms with van der Waals surface area (Å²) in [7, 11) is 0. The summed E-state index contributed by atoms with van der Waals surface area (Å²) >= 11 is 2.23. The second kappa shape index (κ2) is 9.96. The average Bonchev–Trinajstić information content (AvgIpc) is 2.62. The molecule has 6 nitrogen and oxygen atoms in total. The smallest absolute Gasteiger partial charge is 0.260 e. The Kier molecular flexibility index (Phi) is 7.95. The summed E-state index contributed by atoms with van der Waals surface area (Å²) in [4.78, 5) is 30.2. The van der Waals surface area contributed by atoms with Gasteiger partial charge in [0.2, 0.25) is 5.91 Å². The molecule has 1 heterocycles. The van der Waals surface area contributed by atoms with E-state index in [-0.39, 0.29) is 18.4 Å². The van der Waals surface area contributed by atoms with Crippen molar-refractivity contribution in [2.75, 3.05) is 52.4 Å². The number of likely N-dealkylation sites (N-methyl/N-ethyl adjacent to an activating group) is 1. The molecule has 7 heteroatoms. The number of halogens is 1. The van der Waals surface area contributed by atoms with Crippen LogP contribution in [0.5, 0.6) is 5.75 Å². The molecule has 0 bridgehead atoms. The summed E-state index contributed by atoms with van der Waals surface area (Å²) in [6, 6.07) is 7.63. The van der Waals surface area contributed by atoms with Crippen LogP contribution in [0.1, 0.15) is 13.8 Å². The number of amides is 2. The Bertz CT molecular complexity index is 567. The molecule has 2 rings (SSSR count). The van der Waals surface area contributed by atoms with Gasteiger partial charge in [-0.25, -0.2) is 0 Å². The van der Waals surface area contributed by atoms with E-state index in [0.29, 0.717) is 25.4 Å². The van der Waals surface area contributed by atoms with Crippen molar-refractivity contribution in [3.8, 4) is 5.75 Å². The zero-order valence-corrected chi connectivity index (χ0v) is 17.1. The number of carbonyl (C=O) groups excluding carboxylic acids is 2. The van der Waals surface area contributed by atoms with Crippen LogP contribution in [0.4, 0.5) is 0 Å². The molecule has 1 aromatic carbocycles. The number of carbonyl (C=O) groups is 2. The van der Waals surface area contributed by atoms with Crippen molar-refractivity contribution >= 4 is 34.4 Å². The average molecular weight is 459 g/mol. The first-order valence-electron chi connectivity index (χ1n) is 8.69. The molecule has 0 atom stereocenters. The van der Waals surface area contributed by atoms with Crippen LogP contribution < -0.4 is 4.74 Å². The zero-order chi connectivity index (χ0) is 18.2. The highest BCUT2D eigenvalue weighted by Gasteiger charge is 2.23. The molecule has 138 valence electrons. The molecule has 1 aliphatic rings. The maximum absolute atomic E-state index is 12.3. The van der Waals surface area contributed by atoms with Gasteiger partial charge in [0.25, 0.3) is 5.91 Å². The van der Waals surface area contributed by atoms with Crippen molar-refractivity contribution in [3.05, 3.63) is 27.8 Å². The van der Waals surface area contributed by atoms with E-state index in [1.807, 2.05) is 47.9 Å². The van der Waals surface area contributed by atoms with Crippen LogP contribution >= 0.6 is 22.6 Å². The normalized spacial score (nSPS) is 15.1. The second-order valence-corrected chi connectivity index (χ2v) is 7.21. The van der Waals surface area contributed by atoms with Gasteiger partial charge >= 0.3 is 0 Å². The van der Waals surface area contributed by atoms with Gasteiger partial charge in [0.1, 0.15) is 5.75 Å². The van der Waals surface area contributed by atoms with Crippen molar-refractivity contribution in [3.63, 3.8) is 0 Å². The van der Waals surface area contributed by atoms with E-state index in [2.05, 4.69) is 27.5 Å². The molecule has 0 unspecified atom stereocenters. The lowest BCUT2D eigenvalue weighted by molar-refractivity contribution is -0.136. The first-order chi connectivity index (χ1) is 12.0. The standard InChI is InChI=1S/C18H26IN3O3/c1-3-21(4-2)17(23)13-20-9-11-22(12-10-20)18(24)14-25-16-7-5-15(19)6-8-16/h5-8H,3-4,9-14H2,1-2H3. The van der Waals surface area contributed by atoms with Crippen LogP contribution in [0.2, 0.25) is 0 Å². The van der Waals surface area contributed by atoms with Crippen LogP contribution in [0, 0.1) is 3.57 Å². The minimum atomic E-state index is -0.00623. The summed E-state index contributed by atoms with van der Waals surface area (Å²) < 4.78 is 6.69. The third kappa shape index (κ3) is 6.14. The number of ether oxygens (including phenoxy) is 1. The van der Waals surface area contributed by atoms with E-state index in [4.69, 9.17) is 4.74 Å². The lowest BCUT2D eigenvalue weighted by atomic mass is 10.3. The minimum absolute atomic E-state index is 0.00623. The van der Waals surface area contributed by atoms with E-state index >= 15 is 0 Å². The lowest BCUT2D eigenvalue weighted by Crippen LogP contribution is -2.52. The predicted molar refractivity (Wildman–Crippen MR) is 106 cm³/mol. The number of piperazine rings is 1. The van der Waals surface area contributed by atoms with E-state index in [1.165, 1.54) is 0 Å². The Balaban J connectivity index is 1.72. The van der Waals surface area contributed by atoms with Crippen LogP contribution in [0.15, 0.2) is 24.3 Å². The molecule has 1 aliphatic heterocycles. The maximum Gasteiger partial charge on any atom is 0.260 e. The van der Waals surface area contributed by atoms with Gasteiger partial charge in [-0.1, -0.05) is 0 Å². The summed E-state index contributed by atoms with van der Waals surface area (Å²) in [6.45, 7) is 8.68. The molecule has 25 heavy (non-hydrogen) atoms. The van der Waals surface area contributed by atoms with Gasteiger partial charge in [-0.3, -0.25) is 14.5 Å². The molecule has 1 aromatic rings. The van der Waals surface area contributed by atoms with Gasteiger partial charge < -0.3 is 14.5 Å².